The number of carbonyl (C=O) groups excluding carboxylic acids is 1. The van der Waals surface area contributed by atoms with Crippen LogP contribution >= 0.6 is 0 Å². The molecule has 36 heavy (non-hydrogen) atoms. The number of carbonyl (C=O) groups is 1. The van der Waals surface area contributed by atoms with Crippen molar-refractivity contribution in [2.75, 3.05) is 57.9 Å². The summed E-state index contributed by atoms with van der Waals surface area (Å²) in [5.74, 6) is -0.631. The number of aliphatic hydroxyl groups excluding tert-OH is 4. The number of nitriles is 1. The summed E-state index contributed by atoms with van der Waals surface area (Å²) in [6.45, 7) is 5.37. The maximum Gasteiger partial charge on any atom is 0.262 e. The predicted octanol–water partition coefficient (Wildman–Crippen LogP) is 0.112. The van der Waals surface area contributed by atoms with Gasteiger partial charge in [0.2, 0.25) is 0 Å². The summed E-state index contributed by atoms with van der Waals surface area (Å²) in [7, 11) is 2.10. The van der Waals surface area contributed by atoms with Crippen LogP contribution in [0.4, 0.5) is 5.69 Å². The summed E-state index contributed by atoms with van der Waals surface area (Å²) in [6.07, 6.45) is -1.63. The first-order valence-corrected chi connectivity index (χ1v) is 12.5. The van der Waals surface area contributed by atoms with Crippen LogP contribution in [0.15, 0.2) is 29.8 Å². The Labute approximate surface area is 213 Å². The first-order valence-electron chi connectivity index (χ1n) is 12.5. The number of aliphatic hydroxyl groups is 4. The summed E-state index contributed by atoms with van der Waals surface area (Å²) in [6, 6.07) is 9.57. The van der Waals surface area contributed by atoms with Gasteiger partial charge in [0.05, 0.1) is 6.10 Å². The lowest BCUT2D eigenvalue weighted by Gasteiger charge is -2.34. The van der Waals surface area contributed by atoms with Crippen molar-refractivity contribution in [2.24, 2.45) is 0 Å². The third-order valence-electron chi connectivity index (χ3n) is 6.26. The van der Waals surface area contributed by atoms with E-state index in [1.54, 1.807) is 0 Å². The van der Waals surface area contributed by atoms with Gasteiger partial charge in [-0.2, -0.15) is 5.26 Å². The van der Waals surface area contributed by atoms with E-state index < -0.39 is 30.3 Å². The van der Waals surface area contributed by atoms with Crippen molar-refractivity contribution in [1.82, 2.24) is 10.2 Å². The molecule has 1 aliphatic heterocycles. The number of benzene rings is 1. The van der Waals surface area contributed by atoms with Crippen LogP contribution in [0, 0.1) is 11.3 Å². The van der Waals surface area contributed by atoms with E-state index in [0.29, 0.717) is 18.4 Å². The van der Waals surface area contributed by atoms with Crippen LogP contribution < -0.4 is 10.2 Å². The van der Waals surface area contributed by atoms with E-state index in [-0.39, 0.29) is 25.3 Å². The molecular formula is C26H40N4O6. The molecule has 4 atom stereocenters. The number of ether oxygens (including phenoxy) is 1. The Morgan fingerprint density at radius 3 is 2.36 bits per heavy atom. The van der Waals surface area contributed by atoms with Gasteiger partial charge < -0.3 is 40.3 Å². The molecule has 1 aromatic carbocycles. The highest BCUT2D eigenvalue weighted by Gasteiger charge is 2.30. The molecule has 1 fully saturated rings. The average molecular weight is 505 g/mol. The number of amides is 1. The fourth-order valence-electron chi connectivity index (χ4n) is 3.86. The predicted molar refractivity (Wildman–Crippen MR) is 137 cm³/mol. The Morgan fingerprint density at radius 2 is 1.78 bits per heavy atom. The molecule has 0 unspecified atom stereocenters. The van der Waals surface area contributed by atoms with Crippen LogP contribution in [-0.2, 0) is 9.53 Å². The van der Waals surface area contributed by atoms with Gasteiger partial charge in [0.1, 0.15) is 30.0 Å². The number of hydrogen-bond acceptors (Lipinski definition) is 9. The minimum atomic E-state index is -1.46. The van der Waals surface area contributed by atoms with Gasteiger partial charge in [-0.05, 0) is 57.0 Å². The SMILES string of the molecule is C[C@H](O)[C@@H](O)[C@H](O)[C@@H](CNC(=O)/C(C#N)=C/c1ccc(N2CCN(C)CC2)cc1)OCCCCCO. The Hall–Kier alpha value is -2.52. The lowest BCUT2D eigenvalue weighted by Crippen LogP contribution is -2.49. The van der Waals surface area contributed by atoms with Gasteiger partial charge >= 0.3 is 0 Å². The van der Waals surface area contributed by atoms with E-state index in [9.17, 15) is 25.4 Å². The smallest absolute Gasteiger partial charge is 0.262 e. The maximum absolute atomic E-state index is 12.7. The highest BCUT2D eigenvalue weighted by molar-refractivity contribution is 6.01. The molecule has 1 aliphatic rings. The summed E-state index contributed by atoms with van der Waals surface area (Å²) >= 11 is 0. The lowest BCUT2D eigenvalue weighted by atomic mass is 10.0. The molecule has 0 aliphatic carbocycles. The molecule has 10 heteroatoms. The van der Waals surface area contributed by atoms with Gasteiger partial charge in [-0.1, -0.05) is 12.1 Å². The standard InChI is InChI=1S/C26H40N4O6/c1-19(32)24(33)25(34)23(36-15-5-3-4-14-31)18-28-26(35)21(17-27)16-20-6-8-22(9-7-20)30-12-10-29(2)11-13-30/h6-9,16,19,23-25,31-34H,3-5,10-15,18H2,1-2H3,(H,28,35)/b21-16+/t19-,23+,24+,25+/m0/s1. The molecule has 0 aromatic heterocycles. The number of nitrogens with one attached hydrogen (secondary N) is 1. The van der Waals surface area contributed by atoms with Crippen molar-refractivity contribution in [3.05, 3.63) is 35.4 Å². The van der Waals surface area contributed by atoms with Crippen LogP contribution in [0.25, 0.3) is 6.08 Å². The molecule has 5 N–H and O–H groups in total. The number of hydrogen-bond donors (Lipinski definition) is 5. The first-order chi connectivity index (χ1) is 17.3. The fourth-order valence-corrected chi connectivity index (χ4v) is 3.86. The third kappa shape index (κ3) is 9.50. The van der Waals surface area contributed by atoms with E-state index in [4.69, 9.17) is 9.84 Å². The van der Waals surface area contributed by atoms with Crippen LogP contribution in [-0.4, -0.2) is 109 Å². The zero-order valence-electron chi connectivity index (χ0n) is 21.2. The number of nitrogens with zero attached hydrogens (tertiary/aromatic N) is 3. The van der Waals surface area contributed by atoms with Crippen molar-refractivity contribution in [1.29, 1.82) is 5.26 Å². The zero-order chi connectivity index (χ0) is 26.5. The molecule has 1 heterocycles. The first kappa shape index (κ1) is 29.7. The molecule has 1 amide bonds. The summed E-state index contributed by atoms with van der Waals surface area (Å²) in [5, 5.41) is 51.1. The topological polar surface area (TPSA) is 150 Å². The Balaban J connectivity index is 1.99. The molecular weight excluding hydrogens is 464 g/mol. The summed E-state index contributed by atoms with van der Waals surface area (Å²) in [4.78, 5) is 17.3. The highest BCUT2D eigenvalue weighted by Crippen LogP contribution is 2.18. The fraction of sp³-hybridized carbons (Fsp3) is 0.615. The van der Waals surface area contributed by atoms with Crippen molar-refractivity contribution in [3.63, 3.8) is 0 Å². The Kier molecular flexibility index (Phi) is 12.8. The second-order valence-electron chi connectivity index (χ2n) is 9.18. The van der Waals surface area contributed by atoms with E-state index >= 15 is 0 Å². The minimum Gasteiger partial charge on any atom is -0.396 e. The Morgan fingerprint density at radius 1 is 1.11 bits per heavy atom. The van der Waals surface area contributed by atoms with Crippen molar-refractivity contribution in [2.45, 2.75) is 50.6 Å². The minimum absolute atomic E-state index is 0.0741. The molecule has 2 rings (SSSR count). The lowest BCUT2D eigenvalue weighted by molar-refractivity contribution is -0.126. The maximum atomic E-state index is 12.7. The molecule has 0 bridgehead atoms. The van der Waals surface area contributed by atoms with Crippen molar-refractivity contribution < 1.29 is 30.0 Å². The monoisotopic (exact) mass is 504 g/mol. The normalized spacial score (nSPS) is 18.2. The second-order valence-corrected chi connectivity index (χ2v) is 9.18. The number of rotatable bonds is 14. The van der Waals surface area contributed by atoms with Gasteiger partial charge in [-0.3, -0.25) is 4.79 Å². The Bertz CT molecular complexity index is 862. The molecule has 0 radical (unpaired) electrons. The number of unbranched alkanes of at least 4 members (excludes halogenated alkanes) is 2. The second kappa shape index (κ2) is 15.6. The number of piperazine rings is 1. The van der Waals surface area contributed by atoms with Crippen LogP contribution in [0.3, 0.4) is 0 Å². The van der Waals surface area contributed by atoms with Crippen molar-refractivity contribution in [3.8, 4) is 6.07 Å². The van der Waals surface area contributed by atoms with Crippen LogP contribution in [0.5, 0.6) is 0 Å². The average Bonchev–Trinajstić information content (AvgIpc) is 2.88. The summed E-state index contributed by atoms with van der Waals surface area (Å²) < 4.78 is 5.65. The van der Waals surface area contributed by atoms with Crippen LogP contribution in [0.1, 0.15) is 31.7 Å². The summed E-state index contributed by atoms with van der Waals surface area (Å²) in [5.41, 5.74) is 1.70. The van der Waals surface area contributed by atoms with E-state index in [1.807, 2.05) is 30.3 Å². The van der Waals surface area contributed by atoms with Gasteiger partial charge in [-0.15, -0.1) is 0 Å². The molecule has 1 aromatic rings. The van der Waals surface area contributed by atoms with Gasteiger partial charge in [0.15, 0.2) is 0 Å². The van der Waals surface area contributed by atoms with Gasteiger partial charge in [-0.25, -0.2) is 0 Å². The van der Waals surface area contributed by atoms with Gasteiger partial charge in [0.25, 0.3) is 5.91 Å². The number of anilines is 1. The molecule has 1 saturated heterocycles. The molecule has 0 spiro atoms. The number of likely N-dealkylation sites (N-methyl/N-ethyl adjacent to an activating group) is 1. The van der Waals surface area contributed by atoms with Gasteiger partial charge in [0, 0.05) is 51.6 Å². The van der Waals surface area contributed by atoms with Crippen molar-refractivity contribution >= 4 is 17.7 Å². The largest absolute Gasteiger partial charge is 0.396 e. The van der Waals surface area contributed by atoms with E-state index in [2.05, 4.69) is 22.2 Å². The zero-order valence-corrected chi connectivity index (χ0v) is 21.2. The molecule has 200 valence electrons. The molecule has 0 saturated carbocycles. The molecule has 10 nitrogen and oxygen atoms in total. The quantitative estimate of drug-likeness (QED) is 0.135. The highest BCUT2D eigenvalue weighted by atomic mass is 16.5. The third-order valence-corrected chi connectivity index (χ3v) is 6.26. The van der Waals surface area contributed by atoms with E-state index in [0.717, 1.165) is 38.3 Å². The van der Waals surface area contributed by atoms with E-state index in [1.165, 1.54) is 13.0 Å². The van der Waals surface area contributed by atoms with Crippen LogP contribution in [0.2, 0.25) is 0 Å².